The summed E-state index contributed by atoms with van der Waals surface area (Å²) in [7, 11) is 0. The Bertz CT molecular complexity index is 2430. The van der Waals surface area contributed by atoms with Gasteiger partial charge in [-0.15, -0.1) is 21.5 Å². The fourth-order valence-electron chi connectivity index (χ4n) is 8.64. The molecule has 0 radical (unpaired) electrons. The molecule has 4 N–H and O–H groups in total. The lowest BCUT2D eigenvalue weighted by Crippen LogP contribution is -2.43. The molecule has 2 aromatic carbocycles. The number of hydrogen-bond donors (Lipinski definition) is 4. The fraction of sp³-hybridized carbons (Fsp3) is 0.422. The van der Waals surface area contributed by atoms with Gasteiger partial charge in [0, 0.05) is 60.7 Å². The van der Waals surface area contributed by atoms with E-state index < -0.39 is 18.1 Å². The van der Waals surface area contributed by atoms with Crippen LogP contribution < -0.4 is 10.1 Å². The average molecular weight is 833 g/mol. The number of H-pyrrole nitrogens is 1. The lowest BCUT2D eigenvalue weighted by atomic mass is 9.91. The van der Waals surface area contributed by atoms with Crippen molar-refractivity contribution in [1.29, 1.82) is 0 Å². The number of rotatable bonds is 14. The van der Waals surface area contributed by atoms with Gasteiger partial charge in [-0.25, -0.2) is 4.98 Å². The van der Waals surface area contributed by atoms with Gasteiger partial charge in [0.25, 0.3) is 5.88 Å². The van der Waals surface area contributed by atoms with Crippen molar-refractivity contribution in [2.24, 2.45) is 5.92 Å². The molecule has 0 spiro atoms. The molecule has 2 fully saturated rings. The number of hydrogen-bond acceptors (Lipinski definition) is 12. The second-order valence-electron chi connectivity index (χ2n) is 16.5. The maximum Gasteiger partial charge on any atom is 0.254 e. The van der Waals surface area contributed by atoms with Crippen molar-refractivity contribution in [3.63, 3.8) is 0 Å². The number of aryl methyl sites for hydroxylation is 1. The summed E-state index contributed by atoms with van der Waals surface area (Å²) in [5, 5.41) is 37.9. The van der Waals surface area contributed by atoms with E-state index in [1.54, 1.807) is 34.4 Å². The Morgan fingerprint density at radius 1 is 1.07 bits per heavy atom. The topological polar surface area (TPSA) is 183 Å². The van der Waals surface area contributed by atoms with Crippen molar-refractivity contribution in [2.45, 2.75) is 83.4 Å². The predicted octanol–water partition coefficient (Wildman–Crippen LogP) is 6.98. The van der Waals surface area contributed by atoms with Gasteiger partial charge in [-0.2, -0.15) is 0 Å². The molecule has 0 aliphatic carbocycles. The van der Waals surface area contributed by atoms with Gasteiger partial charge in [-0.1, -0.05) is 50.2 Å². The number of fused-ring (bicyclic) bond motifs is 1. The van der Waals surface area contributed by atoms with E-state index in [0.717, 1.165) is 64.4 Å². The van der Waals surface area contributed by atoms with Crippen LogP contribution in [-0.2, 0) is 9.59 Å². The van der Waals surface area contributed by atoms with E-state index in [-0.39, 0.29) is 48.4 Å². The minimum absolute atomic E-state index is 0.0766. The lowest BCUT2D eigenvalue weighted by molar-refractivity contribution is -0.136. The number of nitrogens with zero attached hydrogens (tertiary/aromatic N) is 6. The van der Waals surface area contributed by atoms with Gasteiger partial charge in [0.15, 0.2) is 11.4 Å². The minimum Gasteiger partial charge on any atom is -0.507 e. The van der Waals surface area contributed by atoms with Crippen molar-refractivity contribution in [2.75, 3.05) is 32.8 Å². The number of phenols is 1. The average Bonchev–Trinajstić information content (AvgIpc) is 4.05. The Morgan fingerprint density at radius 2 is 1.88 bits per heavy atom. The number of thiazole rings is 1. The molecule has 2 aliphatic heterocycles. The Morgan fingerprint density at radius 3 is 2.65 bits per heavy atom. The van der Waals surface area contributed by atoms with Crippen molar-refractivity contribution in [1.82, 2.24) is 40.4 Å². The molecule has 2 aliphatic rings. The van der Waals surface area contributed by atoms with E-state index in [2.05, 4.69) is 41.6 Å². The number of benzene rings is 2. The first-order valence-corrected chi connectivity index (χ1v) is 21.6. The first-order chi connectivity index (χ1) is 29.0. The van der Waals surface area contributed by atoms with Gasteiger partial charge in [0.1, 0.15) is 18.3 Å². The number of aliphatic hydroxyl groups excluding tert-OH is 1. The second kappa shape index (κ2) is 17.9. The van der Waals surface area contributed by atoms with E-state index in [9.17, 15) is 19.8 Å². The van der Waals surface area contributed by atoms with Gasteiger partial charge in [-0.3, -0.25) is 14.5 Å². The molecule has 6 heterocycles. The molecule has 0 bridgehead atoms. The maximum absolute atomic E-state index is 14.2. The third-order valence-corrected chi connectivity index (χ3v) is 12.8. The number of carbonyl (C=O) groups excluding carboxylic acids is 2. The number of amides is 2. The summed E-state index contributed by atoms with van der Waals surface area (Å²) in [6, 6.07) is 20.3. The molecule has 8 rings (SSSR count). The fourth-order valence-corrected chi connectivity index (χ4v) is 9.45. The van der Waals surface area contributed by atoms with Crippen LogP contribution in [0.15, 0.2) is 76.8 Å². The number of carbonyl (C=O) groups is 2. The van der Waals surface area contributed by atoms with Crippen LogP contribution in [0.2, 0.25) is 0 Å². The monoisotopic (exact) mass is 832 g/mol. The van der Waals surface area contributed by atoms with Crippen molar-refractivity contribution < 1.29 is 29.1 Å². The third kappa shape index (κ3) is 9.08. The van der Waals surface area contributed by atoms with E-state index in [0.29, 0.717) is 42.5 Å². The predicted molar refractivity (Wildman–Crippen MR) is 229 cm³/mol. The number of β-amino-alcohol motifs (C(OH)–C–C–N with tert-alkyl or cyclic N) is 1. The molecule has 15 heteroatoms. The van der Waals surface area contributed by atoms with Gasteiger partial charge in [-0.05, 0) is 86.1 Å². The van der Waals surface area contributed by atoms with Crippen LogP contribution in [0.25, 0.3) is 32.7 Å². The van der Waals surface area contributed by atoms with Crippen LogP contribution in [0.5, 0.6) is 11.6 Å². The molecule has 6 aromatic rings. The molecule has 4 aromatic heterocycles. The molecule has 314 valence electrons. The Balaban J connectivity index is 0.841. The number of piperidine rings is 1. The summed E-state index contributed by atoms with van der Waals surface area (Å²) in [4.78, 5) is 40.5. The zero-order valence-electron chi connectivity index (χ0n) is 34.4. The number of aromatic hydroxyl groups is 1. The Kier molecular flexibility index (Phi) is 12.3. The minimum atomic E-state index is -0.727. The smallest absolute Gasteiger partial charge is 0.254 e. The van der Waals surface area contributed by atoms with E-state index in [1.165, 1.54) is 0 Å². The zero-order chi connectivity index (χ0) is 41.9. The quantitative estimate of drug-likeness (QED) is 0.0889. The molecular weight excluding hydrogens is 781 g/mol. The molecule has 1 unspecified atom stereocenters. The molecule has 0 saturated carbocycles. The highest BCUT2D eigenvalue weighted by Crippen LogP contribution is 2.35. The largest absolute Gasteiger partial charge is 0.507 e. The summed E-state index contributed by atoms with van der Waals surface area (Å²) in [6.07, 6.45) is 1.75. The van der Waals surface area contributed by atoms with Crippen LogP contribution in [-0.4, -0.2) is 102 Å². The first kappa shape index (κ1) is 41.1. The molecule has 5 atom stereocenters. The van der Waals surface area contributed by atoms with Crippen LogP contribution >= 0.6 is 11.3 Å². The van der Waals surface area contributed by atoms with Crippen molar-refractivity contribution in [3.8, 4) is 33.3 Å². The van der Waals surface area contributed by atoms with Gasteiger partial charge < -0.3 is 34.7 Å². The molecule has 2 saturated heterocycles. The molecule has 14 nitrogen and oxygen atoms in total. The van der Waals surface area contributed by atoms with Crippen molar-refractivity contribution in [3.05, 3.63) is 95.0 Å². The van der Waals surface area contributed by atoms with Crippen LogP contribution in [0, 0.1) is 12.8 Å². The highest BCUT2D eigenvalue weighted by Gasteiger charge is 2.41. The number of phenolic OH excluding ortho intramolecular Hbond substituents is 1. The lowest BCUT2D eigenvalue weighted by Gasteiger charge is -2.32. The summed E-state index contributed by atoms with van der Waals surface area (Å²) < 4.78 is 11.8. The molecule has 60 heavy (non-hydrogen) atoms. The van der Waals surface area contributed by atoms with E-state index in [4.69, 9.17) is 9.26 Å². The van der Waals surface area contributed by atoms with Crippen LogP contribution in [0.1, 0.15) is 87.0 Å². The van der Waals surface area contributed by atoms with Crippen molar-refractivity contribution >= 4 is 34.2 Å². The summed E-state index contributed by atoms with van der Waals surface area (Å²) in [6.45, 7) is 10.9. The number of aromatic nitrogens is 5. The standard InChI is InChI=1S/C45H52N8O6S/c1-26(2)42(45(57)53-24-34(54)20-33(53)21-40(56)47-27(3)29-11-13-30(14-12-29)43-28(4)46-25-60-43)39-22-41(51-59-39)58-17-16-52-15-7-8-31(23-52)36-18-32-19-37(49-50-44(32)48-36)35-9-5-6-10-38(35)55/h5-6,9-14,18-19,22,25-27,31,33-34,42,54-55H,7-8,15-17,20-21,23-24H2,1-4H3,(H,47,56)(H,48,50)/t27-,31?,33-,34+,42+/m0/s1. The van der Waals surface area contributed by atoms with Crippen LogP contribution in [0.3, 0.4) is 0 Å². The van der Waals surface area contributed by atoms with Gasteiger partial charge in [0.2, 0.25) is 11.8 Å². The van der Waals surface area contributed by atoms with Crippen LogP contribution in [0.4, 0.5) is 0 Å². The summed E-state index contributed by atoms with van der Waals surface area (Å²) in [5.74, 6) is -0.0301. The Labute approximate surface area is 353 Å². The van der Waals surface area contributed by atoms with E-state index >= 15 is 0 Å². The highest BCUT2D eigenvalue weighted by molar-refractivity contribution is 7.13. The summed E-state index contributed by atoms with van der Waals surface area (Å²) >= 11 is 1.60. The number of aromatic amines is 1. The molecule has 2 amide bonds. The van der Waals surface area contributed by atoms with E-state index in [1.807, 2.05) is 75.7 Å². The first-order valence-electron chi connectivity index (χ1n) is 20.8. The number of para-hydroxylation sites is 1. The summed E-state index contributed by atoms with van der Waals surface area (Å²) in [5.41, 5.74) is 7.99. The molecular formula is C45H52N8O6S. The number of aliphatic hydroxyl groups is 1. The van der Waals surface area contributed by atoms with Gasteiger partial charge >= 0.3 is 0 Å². The zero-order valence-corrected chi connectivity index (χ0v) is 35.2. The number of ether oxygens (including phenoxy) is 1. The normalized spacial score (nSPS) is 19.5. The number of likely N-dealkylation sites (tertiary alicyclic amines) is 2. The third-order valence-electron chi connectivity index (χ3n) is 11.8. The highest BCUT2D eigenvalue weighted by atomic mass is 32.1. The maximum atomic E-state index is 14.2. The second-order valence-corrected chi connectivity index (χ2v) is 17.3. The Hall–Kier alpha value is -5.64. The number of nitrogens with one attached hydrogen (secondary N) is 2. The van der Waals surface area contributed by atoms with Gasteiger partial charge in [0.05, 0.1) is 33.9 Å². The SMILES string of the molecule is Cc1ncsc1-c1ccc([C@H](C)NC(=O)C[C@@H]2C[C@@H](O)CN2C(=O)[C@@H](c2cc(OCCN3CCCC(c4cc5cc(-c6ccccc6O)nnc5[nH]4)C3)no2)C(C)C)cc1.